The topological polar surface area (TPSA) is 58.6 Å². The average Bonchev–Trinajstić information content (AvgIpc) is 3.66. The van der Waals surface area contributed by atoms with Crippen LogP contribution in [0.1, 0.15) is 52.7 Å². The number of hydrogen-bond acceptors (Lipinski definition) is 3. The molecule has 2 amide bonds. The van der Waals surface area contributed by atoms with E-state index in [0.29, 0.717) is 24.2 Å². The van der Waals surface area contributed by atoms with E-state index in [4.69, 9.17) is 4.74 Å². The molecule has 0 aliphatic heterocycles. The Labute approximate surface area is 177 Å². The van der Waals surface area contributed by atoms with Crippen molar-refractivity contribution in [3.8, 4) is 5.75 Å². The summed E-state index contributed by atoms with van der Waals surface area (Å²) in [5.74, 6) is 0.730. The van der Waals surface area contributed by atoms with Gasteiger partial charge in [0.1, 0.15) is 5.75 Å². The Morgan fingerprint density at radius 1 is 1.10 bits per heavy atom. The van der Waals surface area contributed by atoms with E-state index in [9.17, 15) is 9.59 Å². The van der Waals surface area contributed by atoms with Gasteiger partial charge in [-0.3, -0.25) is 9.59 Å². The van der Waals surface area contributed by atoms with E-state index in [1.807, 2.05) is 60.4 Å². The van der Waals surface area contributed by atoms with Crippen molar-refractivity contribution in [3.63, 3.8) is 0 Å². The van der Waals surface area contributed by atoms with Gasteiger partial charge in [0, 0.05) is 35.8 Å². The molecule has 2 fully saturated rings. The number of carbonyl (C=O) groups excluding carboxylic acids is 2. The van der Waals surface area contributed by atoms with Crippen LogP contribution in [0.4, 0.5) is 0 Å². The highest BCUT2D eigenvalue weighted by atomic mass is 16.5. The summed E-state index contributed by atoms with van der Waals surface area (Å²) in [6.45, 7) is 2.56. The highest BCUT2D eigenvalue weighted by Gasteiger charge is 2.31. The van der Waals surface area contributed by atoms with E-state index in [0.717, 1.165) is 48.1 Å². The van der Waals surface area contributed by atoms with Gasteiger partial charge < -0.3 is 15.0 Å². The van der Waals surface area contributed by atoms with E-state index >= 15 is 0 Å². The summed E-state index contributed by atoms with van der Waals surface area (Å²) in [4.78, 5) is 27.0. The Hall–Kier alpha value is -3.08. The quantitative estimate of drug-likeness (QED) is 0.674. The minimum absolute atomic E-state index is 0.00314. The first-order chi connectivity index (χ1) is 14.5. The number of carbonyl (C=O) groups is 2. The predicted molar refractivity (Wildman–Crippen MR) is 117 cm³/mol. The second kappa shape index (κ2) is 8.74. The molecule has 0 aromatic heterocycles. The van der Waals surface area contributed by atoms with Crippen LogP contribution in [0.2, 0.25) is 0 Å². The molecular formula is C25H28N2O3. The number of hydrogen-bond donors (Lipinski definition) is 1. The molecule has 4 rings (SSSR count). The Morgan fingerprint density at radius 3 is 2.47 bits per heavy atom. The summed E-state index contributed by atoms with van der Waals surface area (Å²) in [5.41, 5.74) is 3.71. The zero-order valence-corrected chi connectivity index (χ0v) is 17.6. The SMILES string of the molecule is COc1ccc(C)cc1/C=C/C(=O)N(Cc1ccc(C(=O)NC2CC2)cc1)C1CC1. The van der Waals surface area contributed by atoms with Crippen molar-refractivity contribution in [2.24, 2.45) is 0 Å². The molecule has 0 saturated heterocycles. The van der Waals surface area contributed by atoms with Gasteiger partial charge in [0.05, 0.1) is 7.11 Å². The van der Waals surface area contributed by atoms with Crippen LogP contribution in [0, 0.1) is 6.92 Å². The van der Waals surface area contributed by atoms with Gasteiger partial charge in [0.2, 0.25) is 5.91 Å². The van der Waals surface area contributed by atoms with Crippen molar-refractivity contribution in [3.05, 3.63) is 70.8 Å². The standard InChI is InChI=1S/C25H28N2O3/c1-17-3-13-23(30-2)20(15-17)8-14-24(28)27(22-11-12-22)16-18-4-6-19(7-5-18)25(29)26-21-9-10-21/h3-8,13-15,21-22H,9-12,16H2,1-2H3,(H,26,29)/b14-8+. The van der Waals surface area contributed by atoms with Crippen molar-refractivity contribution in [1.82, 2.24) is 10.2 Å². The molecule has 2 aliphatic carbocycles. The van der Waals surface area contributed by atoms with Crippen LogP contribution in [-0.2, 0) is 11.3 Å². The lowest BCUT2D eigenvalue weighted by atomic mass is 10.1. The van der Waals surface area contributed by atoms with Gasteiger partial charge in [-0.05, 0) is 68.5 Å². The van der Waals surface area contributed by atoms with Gasteiger partial charge in [0.25, 0.3) is 5.91 Å². The van der Waals surface area contributed by atoms with Crippen LogP contribution in [-0.4, -0.2) is 35.9 Å². The first kappa shape index (κ1) is 20.2. The van der Waals surface area contributed by atoms with Crippen LogP contribution in [0.5, 0.6) is 5.75 Å². The molecule has 5 nitrogen and oxygen atoms in total. The largest absolute Gasteiger partial charge is 0.496 e. The maximum Gasteiger partial charge on any atom is 0.251 e. The normalized spacial score (nSPS) is 15.8. The van der Waals surface area contributed by atoms with Gasteiger partial charge in [-0.1, -0.05) is 23.8 Å². The first-order valence-electron chi connectivity index (χ1n) is 10.6. The molecule has 0 atom stereocenters. The van der Waals surface area contributed by atoms with Gasteiger partial charge in [-0.25, -0.2) is 0 Å². The van der Waals surface area contributed by atoms with Crippen LogP contribution >= 0.6 is 0 Å². The van der Waals surface area contributed by atoms with Crippen molar-refractivity contribution in [2.45, 2.75) is 51.2 Å². The lowest BCUT2D eigenvalue weighted by Crippen LogP contribution is -2.31. The summed E-state index contributed by atoms with van der Waals surface area (Å²) >= 11 is 0. The first-order valence-corrected chi connectivity index (χ1v) is 10.6. The second-order valence-electron chi connectivity index (χ2n) is 8.22. The predicted octanol–water partition coefficient (Wildman–Crippen LogP) is 4.10. The molecule has 1 N–H and O–H groups in total. The van der Waals surface area contributed by atoms with E-state index in [-0.39, 0.29) is 11.8 Å². The third-order valence-electron chi connectivity index (χ3n) is 5.54. The molecule has 30 heavy (non-hydrogen) atoms. The number of benzene rings is 2. The molecule has 2 aromatic rings. The van der Waals surface area contributed by atoms with E-state index in [2.05, 4.69) is 5.32 Å². The minimum atomic E-state index is -0.0192. The number of nitrogens with zero attached hydrogens (tertiary/aromatic N) is 1. The number of nitrogens with one attached hydrogen (secondary N) is 1. The maximum atomic E-state index is 12.9. The third kappa shape index (κ3) is 5.09. The smallest absolute Gasteiger partial charge is 0.251 e. The maximum absolute atomic E-state index is 12.9. The Bertz CT molecular complexity index is 957. The Morgan fingerprint density at radius 2 is 1.83 bits per heavy atom. The van der Waals surface area contributed by atoms with Crippen molar-refractivity contribution >= 4 is 17.9 Å². The molecule has 0 heterocycles. The number of methoxy groups -OCH3 is 1. The highest BCUT2D eigenvalue weighted by molar-refractivity contribution is 5.94. The van der Waals surface area contributed by atoms with Crippen LogP contribution in [0.3, 0.4) is 0 Å². The number of rotatable bonds is 8. The number of aryl methyl sites for hydroxylation is 1. The Balaban J connectivity index is 1.43. The van der Waals surface area contributed by atoms with Crippen molar-refractivity contribution in [1.29, 1.82) is 0 Å². The van der Waals surface area contributed by atoms with Crippen molar-refractivity contribution < 1.29 is 14.3 Å². The summed E-state index contributed by atoms with van der Waals surface area (Å²) in [6, 6.07) is 14.1. The van der Waals surface area contributed by atoms with Gasteiger partial charge in [0.15, 0.2) is 0 Å². The second-order valence-corrected chi connectivity index (χ2v) is 8.22. The lowest BCUT2D eigenvalue weighted by Gasteiger charge is -2.21. The molecule has 0 bridgehead atoms. The fourth-order valence-corrected chi connectivity index (χ4v) is 3.47. The molecule has 2 aliphatic rings. The van der Waals surface area contributed by atoms with Crippen molar-refractivity contribution in [2.75, 3.05) is 7.11 Å². The lowest BCUT2D eigenvalue weighted by molar-refractivity contribution is -0.127. The molecule has 2 saturated carbocycles. The summed E-state index contributed by atoms with van der Waals surface area (Å²) in [7, 11) is 1.63. The average molecular weight is 405 g/mol. The third-order valence-corrected chi connectivity index (χ3v) is 5.54. The highest BCUT2D eigenvalue weighted by Crippen LogP contribution is 2.29. The van der Waals surface area contributed by atoms with Crippen LogP contribution in [0.25, 0.3) is 6.08 Å². The molecule has 0 unspecified atom stereocenters. The zero-order chi connectivity index (χ0) is 21.1. The number of amides is 2. The molecule has 0 radical (unpaired) electrons. The minimum Gasteiger partial charge on any atom is -0.496 e. The van der Waals surface area contributed by atoms with Gasteiger partial charge in [-0.15, -0.1) is 0 Å². The fourth-order valence-electron chi connectivity index (χ4n) is 3.47. The van der Waals surface area contributed by atoms with Crippen LogP contribution < -0.4 is 10.1 Å². The summed E-state index contributed by atoms with van der Waals surface area (Å²) in [6.07, 6.45) is 7.68. The summed E-state index contributed by atoms with van der Waals surface area (Å²) in [5, 5.41) is 3.00. The molecule has 156 valence electrons. The monoisotopic (exact) mass is 404 g/mol. The zero-order valence-electron chi connectivity index (χ0n) is 17.6. The number of ether oxygens (including phenoxy) is 1. The van der Waals surface area contributed by atoms with E-state index in [1.54, 1.807) is 13.2 Å². The van der Waals surface area contributed by atoms with E-state index in [1.165, 1.54) is 0 Å². The fraction of sp³-hybridized carbons (Fsp3) is 0.360. The van der Waals surface area contributed by atoms with Gasteiger partial charge in [-0.2, -0.15) is 0 Å². The summed E-state index contributed by atoms with van der Waals surface area (Å²) < 4.78 is 5.40. The van der Waals surface area contributed by atoms with E-state index < -0.39 is 0 Å². The molecule has 2 aromatic carbocycles. The van der Waals surface area contributed by atoms with Crippen LogP contribution in [0.15, 0.2) is 48.5 Å². The molecule has 5 heteroatoms. The Kier molecular flexibility index (Phi) is 5.88. The molecule has 0 spiro atoms. The molecular weight excluding hydrogens is 376 g/mol. The van der Waals surface area contributed by atoms with Gasteiger partial charge >= 0.3 is 0 Å².